The van der Waals surface area contributed by atoms with E-state index in [1.807, 2.05) is 24.3 Å². The van der Waals surface area contributed by atoms with Crippen LogP contribution in [0.25, 0.3) is 0 Å². The van der Waals surface area contributed by atoms with Crippen LogP contribution in [0.5, 0.6) is 5.75 Å². The standard InChI is InChI=1S/C17H16ClN5O2/c1-25-14-5-3-2-4-11(14)10-19-17(24)15-16(22-23-21-15)20-13-8-6-12(18)7-9-13/h2-9H,10H2,1H3,(H,19,24)(H2,20,21,22,23). The van der Waals surface area contributed by atoms with Crippen molar-refractivity contribution in [3.63, 3.8) is 0 Å². The summed E-state index contributed by atoms with van der Waals surface area (Å²) in [5, 5.41) is 16.8. The molecule has 0 aliphatic rings. The molecule has 3 rings (SSSR count). The Hall–Kier alpha value is -3.06. The lowest BCUT2D eigenvalue weighted by Gasteiger charge is -2.09. The Morgan fingerprint density at radius 2 is 1.92 bits per heavy atom. The third-order valence-electron chi connectivity index (χ3n) is 3.50. The van der Waals surface area contributed by atoms with Gasteiger partial charge in [0.2, 0.25) is 0 Å². The van der Waals surface area contributed by atoms with Crippen molar-refractivity contribution in [2.75, 3.05) is 12.4 Å². The van der Waals surface area contributed by atoms with Gasteiger partial charge in [0, 0.05) is 22.8 Å². The number of nitrogens with zero attached hydrogens (tertiary/aromatic N) is 2. The van der Waals surface area contributed by atoms with Crippen LogP contribution >= 0.6 is 11.6 Å². The molecule has 7 nitrogen and oxygen atoms in total. The Balaban J connectivity index is 1.69. The lowest BCUT2D eigenvalue weighted by molar-refractivity contribution is 0.0946. The number of halogens is 1. The first-order valence-corrected chi connectivity index (χ1v) is 7.88. The minimum absolute atomic E-state index is 0.171. The molecule has 128 valence electrons. The zero-order valence-electron chi connectivity index (χ0n) is 13.4. The smallest absolute Gasteiger partial charge is 0.275 e. The van der Waals surface area contributed by atoms with Crippen LogP contribution in [0.4, 0.5) is 11.5 Å². The van der Waals surface area contributed by atoms with Gasteiger partial charge in [-0.15, -0.1) is 10.2 Å². The zero-order valence-corrected chi connectivity index (χ0v) is 14.2. The van der Waals surface area contributed by atoms with Crippen LogP contribution in [0, 0.1) is 0 Å². The Morgan fingerprint density at radius 1 is 1.16 bits per heavy atom. The predicted octanol–water partition coefficient (Wildman–Crippen LogP) is 3.14. The molecule has 0 aliphatic heterocycles. The SMILES string of the molecule is COc1ccccc1CNC(=O)c1n[nH]nc1Nc1ccc(Cl)cc1. The number of benzene rings is 2. The molecular formula is C17H16ClN5O2. The van der Waals surface area contributed by atoms with Crippen LogP contribution < -0.4 is 15.4 Å². The second-order valence-electron chi connectivity index (χ2n) is 5.15. The summed E-state index contributed by atoms with van der Waals surface area (Å²) in [7, 11) is 1.59. The number of carbonyl (C=O) groups excluding carboxylic acids is 1. The van der Waals surface area contributed by atoms with Crippen LogP contribution in [-0.4, -0.2) is 28.4 Å². The molecule has 0 spiro atoms. The van der Waals surface area contributed by atoms with Gasteiger partial charge in [-0.2, -0.15) is 5.21 Å². The van der Waals surface area contributed by atoms with Crippen molar-refractivity contribution in [3.05, 3.63) is 64.8 Å². The molecule has 1 aromatic heterocycles. The van der Waals surface area contributed by atoms with Crippen molar-refractivity contribution >= 4 is 29.0 Å². The molecule has 1 amide bonds. The monoisotopic (exact) mass is 357 g/mol. The van der Waals surface area contributed by atoms with E-state index < -0.39 is 0 Å². The summed E-state index contributed by atoms with van der Waals surface area (Å²) in [6.07, 6.45) is 0. The van der Waals surface area contributed by atoms with Gasteiger partial charge >= 0.3 is 0 Å². The van der Waals surface area contributed by atoms with E-state index in [0.717, 1.165) is 11.3 Å². The van der Waals surface area contributed by atoms with E-state index in [4.69, 9.17) is 16.3 Å². The van der Waals surface area contributed by atoms with Gasteiger partial charge in [0.25, 0.3) is 5.91 Å². The molecule has 25 heavy (non-hydrogen) atoms. The first-order valence-electron chi connectivity index (χ1n) is 7.51. The lowest BCUT2D eigenvalue weighted by Crippen LogP contribution is -2.24. The maximum Gasteiger partial charge on any atom is 0.275 e. The normalized spacial score (nSPS) is 10.3. The van der Waals surface area contributed by atoms with E-state index in [2.05, 4.69) is 26.0 Å². The lowest BCUT2D eigenvalue weighted by atomic mass is 10.2. The van der Waals surface area contributed by atoms with Gasteiger partial charge in [0.05, 0.1) is 7.11 Å². The average molecular weight is 358 g/mol. The molecule has 2 aromatic carbocycles. The number of para-hydroxylation sites is 1. The van der Waals surface area contributed by atoms with Gasteiger partial charge in [0.1, 0.15) is 5.75 Å². The van der Waals surface area contributed by atoms with Crippen molar-refractivity contribution in [3.8, 4) is 5.75 Å². The van der Waals surface area contributed by atoms with E-state index in [9.17, 15) is 4.79 Å². The van der Waals surface area contributed by atoms with E-state index in [1.165, 1.54) is 0 Å². The van der Waals surface area contributed by atoms with Crippen molar-refractivity contribution in [1.29, 1.82) is 0 Å². The van der Waals surface area contributed by atoms with E-state index in [-0.39, 0.29) is 11.6 Å². The quantitative estimate of drug-likeness (QED) is 0.630. The number of nitrogens with one attached hydrogen (secondary N) is 3. The summed E-state index contributed by atoms with van der Waals surface area (Å²) >= 11 is 5.86. The highest BCUT2D eigenvalue weighted by molar-refractivity contribution is 6.30. The van der Waals surface area contributed by atoms with Crippen molar-refractivity contribution in [2.24, 2.45) is 0 Å². The number of aromatic amines is 1. The van der Waals surface area contributed by atoms with Crippen LogP contribution in [0.15, 0.2) is 48.5 Å². The third-order valence-corrected chi connectivity index (χ3v) is 3.75. The Labute approximate surface area is 149 Å². The second kappa shape index (κ2) is 7.67. The van der Waals surface area contributed by atoms with Crippen LogP contribution in [0.2, 0.25) is 5.02 Å². The highest BCUT2D eigenvalue weighted by Gasteiger charge is 2.17. The van der Waals surface area contributed by atoms with Gasteiger partial charge in [-0.05, 0) is 30.3 Å². The number of hydrogen-bond donors (Lipinski definition) is 3. The minimum atomic E-state index is -0.351. The molecule has 3 aromatic rings. The number of aromatic nitrogens is 3. The summed E-state index contributed by atoms with van der Waals surface area (Å²) < 4.78 is 5.27. The molecule has 0 saturated heterocycles. The number of methoxy groups -OCH3 is 1. The van der Waals surface area contributed by atoms with Crippen LogP contribution in [0.3, 0.4) is 0 Å². The highest BCUT2D eigenvalue weighted by atomic mass is 35.5. The van der Waals surface area contributed by atoms with E-state index in [1.54, 1.807) is 31.4 Å². The van der Waals surface area contributed by atoms with Crippen LogP contribution in [-0.2, 0) is 6.54 Å². The van der Waals surface area contributed by atoms with E-state index in [0.29, 0.717) is 23.1 Å². The van der Waals surface area contributed by atoms with Crippen molar-refractivity contribution in [2.45, 2.75) is 6.54 Å². The van der Waals surface area contributed by atoms with E-state index >= 15 is 0 Å². The summed E-state index contributed by atoms with van der Waals surface area (Å²) in [5.41, 5.74) is 1.79. The minimum Gasteiger partial charge on any atom is -0.496 e. The first-order chi connectivity index (χ1) is 12.2. The van der Waals surface area contributed by atoms with Gasteiger partial charge < -0.3 is 15.4 Å². The topological polar surface area (TPSA) is 91.9 Å². The fourth-order valence-electron chi connectivity index (χ4n) is 2.25. The van der Waals surface area contributed by atoms with Gasteiger partial charge in [0.15, 0.2) is 11.5 Å². The molecule has 0 aliphatic carbocycles. The maximum atomic E-state index is 12.4. The second-order valence-corrected chi connectivity index (χ2v) is 5.58. The molecule has 0 bridgehead atoms. The van der Waals surface area contributed by atoms with Gasteiger partial charge in [-0.25, -0.2) is 0 Å². The maximum absolute atomic E-state index is 12.4. The number of amides is 1. The molecule has 0 unspecified atom stereocenters. The Morgan fingerprint density at radius 3 is 2.68 bits per heavy atom. The number of ether oxygens (including phenoxy) is 1. The number of anilines is 2. The first kappa shape index (κ1) is 16.8. The third kappa shape index (κ3) is 4.07. The summed E-state index contributed by atoms with van der Waals surface area (Å²) in [4.78, 5) is 12.4. The Bertz CT molecular complexity index is 863. The molecule has 0 saturated carbocycles. The summed E-state index contributed by atoms with van der Waals surface area (Å²) in [5.74, 6) is 0.693. The molecule has 0 atom stereocenters. The van der Waals surface area contributed by atoms with Crippen molar-refractivity contribution < 1.29 is 9.53 Å². The molecule has 3 N–H and O–H groups in total. The Kier molecular flexibility index (Phi) is 5.15. The molecule has 0 radical (unpaired) electrons. The van der Waals surface area contributed by atoms with Gasteiger partial charge in [-0.3, -0.25) is 4.79 Å². The van der Waals surface area contributed by atoms with Crippen molar-refractivity contribution in [1.82, 2.24) is 20.7 Å². The number of carbonyl (C=O) groups is 1. The number of rotatable bonds is 6. The van der Waals surface area contributed by atoms with Crippen LogP contribution in [0.1, 0.15) is 16.1 Å². The largest absolute Gasteiger partial charge is 0.496 e. The average Bonchev–Trinajstić information content (AvgIpc) is 3.10. The van der Waals surface area contributed by atoms with Gasteiger partial charge in [-0.1, -0.05) is 29.8 Å². The fourth-order valence-corrected chi connectivity index (χ4v) is 2.38. The summed E-state index contributed by atoms with van der Waals surface area (Å²) in [6, 6.07) is 14.5. The molecule has 1 heterocycles. The zero-order chi connectivity index (χ0) is 17.6. The molecule has 8 heteroatoms. The molecule has 0 fully saturated rings. The number of hydrogen-bond acceptors (Lipinski definition) is 5. The predicted molar refractivity (Wildman–Crippen MR) is 95.3 cm³/mol. The summed E-state index contributed by atoms with van der Waals surface area (Å²) in [6.45, 7) is 0.316. The molecular weight excluding hydrogens is 342 g/mol. The number of H-pyrrole nitrogens is 1. The highest BCUT2D eigenvalue weighted by Crippen LogP contribution is 2.20. The fraction of sp³-hybridized carbons (Fsp3) is 0.118.